The minimum Gasteiger partial charge on any atom is -0.311 e. The van der Waals surface area contributed by atoms with Gasteiger partial charge in [0.1, 0.15) is 0 Å². The number of rotatable bonds is 8. The van der Waals surface area contributed by atoms with Gasteiger partial charge in [0.2, 0.25) is 0 Å². The second-order valence-electron chi connectivity index (χ2n) is 14.9. The Morgan fingerprint density at radius 3 is 0.855 bits per heavy atom. The molecule has 0 bridgehead atoms. The second kappa shape index (κ2) is 21.3. The molecule has 0 heterocycles. The minimum atomic E-state index is 0.725. The zero-order valence-electron chi connectivity index (χ0n) is 35.0. The SMILES string of the molecule is Cc1cccc(-c2ccc(N(c3ccccc3)c3ccc(-c4cccc(C)c4)cc3)cc2)c1.Cc1cccc(Cl)c1.Clc1ccc(N(c2ccccc2)c2ccc(Cl)cc2)cc1. The Balaban J connectivity index is 0.000000169. The minimum absolute atomic E-state index is 0.725. The summed E-state index contributed by atoms with van der Waals surface area (Å²) in [5.74, 6) is 0. The first kappa shape index (κ1) is 43.5. The van der Waals surface area contributed by atoms with Crippen molar-refractivity contribution in [2.75, 3.05) is 9.80 Å². The monoisotopic (exact) mass is 864 g/mol. The van der Waals surface area contributed by atoms with Crippen LogP contribution in [0.3, 0.4) is 0 Å². The first-order valence-electron chi connectivity index (χ1n) is 20.5. The summed E-state index contributed by atoms with van der Waals surface area (Å²) in [4.78, 5) is 4.46. The van der Waals surface area contributed by atoms with Gasteiger partial charge in [0.05, 0.1) is 0 Å². The van der Waals surface area contributed by atoms with E-state index >= 15 is 0 Å². The smallest absolute Gasteiger partial charge is 0.0462 e. The highest BCUT2D eigenvalue weighted by molar-refractivity contribution is 6.31. The third-order valence-corrected chi connectivity index (χ3v) is 10.9. The normalized spacial score (nSPS) is 10.4. The Labute approximate surface area is 381 Å². The zero-order valence-corrected chi connectivity index (χ0v) is 37.2. The molecule has 0 atom stereocenters. The molecule has 0 saturated heterocycles. The third kappa shape index (κ3) is 11.8. The van der Waals surface area contributed by atoms with Gasteiger partial charge in [-0.25, -0.2) is 0 Å². The van der Waals surface area contributed by atoms with Crippen molar-refractivity contribution < 1.29 is 0 Å². The summed E-state index contributed by atoms with van der Waals surface area (Å²) in [6.07, 6.45) is 0. The van der Waals surface area contributed by atoms with Crippen molar-refractivity contribution >= 4 is 68.9 Å². The first-order valence-corrected chi connectivity index (χ1v) is 21.6. The molecule has 0 unspecified atom stereocenters. The highest BCUT2D eigenvalue weighted by Gasteiger charge is 2.14. The number of para-hydroxylation sites is 2. The van der Waals surface area contributed by atoms with Crippen molar-refractivity contribution in [2.24, 2.45) is 0 Å². The van der Waals surface area contributed by atoms with Crippen molar-refractivity contribution in [3.63, 3.8) is 0 Å². The van der Waals surface area contributed by atoms with Gasteiger partial charge in [0.15, 0.2) is 0 Å². The molecule has 9 aromatic carbocycles. The van der Waals surface area contributed by atoms with Crippen LogP contribution in [-0.2, 0) is 0 Å². The fourth-order valence-electron chi connectivity index (χ4n) is 7.09. The molecule has 0 aliphatic carbocycles. The van der Waals surface area contributed by atoms with Crippen LogP contribution in [0.2, 0.25) is 15.1 Å². The summed E-state index contributed by atoms with van der Waals surface area (Å²) in [6.45, 7) is 6.29. The lowest BCUT2D eigenvalue weighted by atomic mass is 10.0. The lowest BCUT2D eigenvalue weighted by Gasteiger charge is -2.26. The Hall–Kier alpha value is -6.55. The molecule has 0 fully saturated rings. The number of nitrogens with zero attached hydrogens (tertiary/aromatic N) is 2. The number of anilines is 6. The van der Waals surface area contributed by atoms with E-state index in [0.717, 1.165) is 49.2 Å². The van der Waals surface area contributed by atoms with Gasteiger partial charge >= 0.3 is 0 Å². The predicted octanol–water partition coefficient (Wildman–Crippen LogP) is 18.2. The van der Waals surface area contributed by atoms with E-state index in [9.17, 15) is 0 Å². The van der Waals surface area contributed by atoms with E-state index in [2.05, 4.69) is 163 Å². The number of benzene rings is 9. The molecular weight excluding hydrogens is 819 g/mol. The first-order chi connectivity index (χ1) is 30.2. The van der Waals surface area contributed by atoms with Crippen molar-refractivity contribution in [2.45, 2.75) is 20.8 Å². The molecule has 0 radical (unpaired) electrons. The summed E-state index contributed by atoms with van der Waals surface area (Å²) in [6, 6.07) is 79.0. The van der Waals surface area contributed by atoms with Crippen LogP contribution in [-0.4, -0.2) is 0 Å². The maximum atomic E-state index is 5.99. The molecule has 9 rings (SSSR count). The Morgan fingerprint density at radius 1 is 0.242 bits per heavy atom. The van der Waals surface area contributed by atoms with Crippen LogP contribution in [0.25, 0.3) is 22.3 Å². The molecule has 0 amide bonds. The Bertz CT molecular complexity index is 2620. The summed E-state index contributed by atoms with van der Waals surface area (Å²) in [5.41, 5.74) is 15.3. The van der Waals surface area contributed by atoms with Crippen molar-refractivity contribution in [1.82, 2.24) is 0 Å². The van der Waals surface area contributed by atoms with Gasteiger partial charge < -0.3 is 9.80 Å². The van der Waals surface area contributed by atoms with Crippen LogP contribution in [0.4, 0.5) is 34.1 Å². The van der Waals surface area contributed by atoms with Crippen LogP contribution < -0.4 is 9.80 Å². The third-order valence-electron chi connectivity index (χ3n) is 10.1. The van der Waals surface area contributed by atoms with Gasteiger partial charge in [-0.05, 0) is 158 Å². The maximum Gasteiger partial charge on any atom is 0.0462 e. The second-order valence-corrected chi connectivity index (χ2v) is 16.2. The summed E-state index contributed by atoms with van der Waals surface area (Å²) >= 11 is 17.6. The maximum absolute atomic E-state index is 5.99. The molecule has 2 nitrogen and oxygen atoms in total. The van der Waals surface area contributed by atoms with E-state index in [1.165, 1.54) is 38.9 Å². The summed E-state index contributed by atoms with van der Waals surface area (Å²) < 4.78 is 0. The number of hydrogen-bond acceptors (Lipinski definition) is 2. The van der Waals surface area contributed by atoms with Gasteiger partial charge in [-0.3, -0.25) is 0 Å². The molecule has 5 heteroatoms. The predicted molar refractivity (Wildman–Crippen MR) is 269 cm³/mol. The molecule has 0 spiro atoms. The highest BCUT2D eigenvalue weighted by atomic mass is 35.5. The average Bonchev–Trinajstić information content (AvgIpc) is 3.29. The van der Waals surface area contributed by atoms with E-state index in [0.29, 0.717) is 0 Å². The quantitative estimate of drug-likeness (QED) is 0.150. The van der Waals surface area contributed by atoms with E-state index in [1.807, 2.05) is 97.9 Å². The molecule has 62 heavy (non-hydrogen) atoms. The lowest BCUT2D eigenvalue weighted by Crippen LogP contribution is -2.09. The molecular formula is C57H47Cl3N2. The van der Waals surface area contributed by atoms with Crippen molar-refractivity contribution in [1.29, 1.82) is 0 Å². The van der Waals surface area contributed by atoms with Crippen molar-refractivity contribution in [3.8, 4) is 22.3 Å². The topological polar surface area (TPSA) is 6.48 Å². The standard InChI is InChI=1S/C32H27N.C18H13Cl2N.C7H7Cl/c1-24-8-6-10-28(22-24)26-14-18-31(19-15-26)33(30-12-4-3-5-13-30)32-20-16-27(17-21-32)29-11-7-9-25(2)23-29;19-14-6-10-17(11-7-14)21(16-4-2-1-3-5-16)18-12-8-15(20)9-13-18;1-6-3-2-4-7(8)5-6/h3-23H,1-2H3;1-13H;2-5H,1H3. The van der Waals surface area contributed by atoms with Crippen molar-refractivity contribution in [3.05, 3.63) is 262 Å². The van der Waals surface area contributed by atoms with E-state index in [4.69, 9.17) is 34.8 Å². The van der Waals surface area contributed by atoms with Crippen LogP contribution in [0, 0.1) is 20.8 Å². The number of halogens is 3. The van der Waals surface area contributed by atoms with Gasteiger partial charge in [-0.15, -0.1) is 0 Å². The van der Waals surface area contributed by atoms with E-state index in [1.54, 1.807) is 0 Å². The van der Waals surface area contributed by atoms with Gasteiger partial charge in [0, 0.05) is 49.2 Å². The summed E-state index contributed by atoms with van der Waals surface area (Å²) in [5, 5.41) is 2.26. The van der Waals surface area contributed by atoms with E-state index < -0.39 is 0 Å². The molecule has 0 aliphatic heterocycles. The molecule has 0 N–H and O–H groups in total. The molecule has 0 saturated carbocycles. The largest absolute Gasteiger partial charge is 0.311 e. The molecule has 0 aromatic heterocycles. The van der Waals surface area contributed by atoms with Gasteiger partial charge in [0.25, 0.3) is 0 Å². The molecule has 0 aliphatic rings. The fraction of sp³-hybridized carbons (Fsp3) is 0.0526. The van der Waals surface area contributed by atoms with Crippen LogP contribution in [0.1, 0.15) is 16.7 Å². The Kier molecular flexibility index (Phi) is 15.0. The highest BCUT2D eigenvalue weighted by Crippen LogP contribution is 2.38. The average molecular weight is 866 g/mol. The number of aryl methyl sites for hydroxylation is 3. The molecule has 306 valence electrons. The van der Waals surface area contributed by atoms with Gasteiger partial charge in [-0.2, -0.15) is 0 Å². The van der Waals surface area contributed by atoms with Crippen LogP contribution in [0.15, 0.2) is 231 Å². The zero-order chi connectivity index (χ0) is 43.3. The lowest BCUT2D eigenvalue weighted by molar-refractivity contribution is 1.28. The number of hydrogen-bond donors (Lipinski definition) is 0. The van der Waals surface area contributed by atoms with Gasteiger partial charge in [-0.1, -0.05) is 167 Å². The summed E-state index contributed by atoms with van der Waals surface area (Å²) in [7, 11) is 0. The Morgan fingerprint density at radius 2 is 0.548 bits per heavy atom. The van der Waals surface area contributed by atoms with Crippen LogP contribution in [0.5, 0.6) is 0 Å². The van der Waals surface area contributed by atoms with Crippen LogP contribution >= 0.6 is 34.8 Å². The fourth-order valence-corrected chi connectivity index (χ4v) is 7.59. The van der Waals surface area contributed by atoms with E-state index in [-0.39, 0.29) is 0 Å². The molecule has 9 aromatic rings.